The Balaban J connectivity index is 2.68. The standard InChI is InChI=1S/C13H20OSi/c1-15(2,3)11-7-6-9-12-8-4-5-10-13(12)14/h6,13-14H,4-5,8,10H2,1-3H3/t9?,13-/m1/s1. The largest absolute Gasteiger partial charge is 0.388 e. The minimum absolute atomic E-state index is 0.274. The van der Waals surface area contributed by atoms with Gasteiger partial charge < -0.3 is 5.11 Å². The van der Waals surface area contributed by atoms with Crippen LogP contribution >= 0.6 is 0 Å². The van der Waals surface area contributed by atoms with Crippen molar-refractivity contribution in [2.24, 2.45) is 0 Å². The summed E-state index contributed by atoms with van der Waals surface area (Å²) in [6.07, 6.45) is 5.68. The van der Waals surface area contributed by atoms with Crippen LogP contribution in [-0.2, 0) is 0 Å². The Hall–Kier alpha value is -0.743. The normalized spacial score (nSPS) is 21.3. The predicted octanol–water partition coefficient (Wildman–Crippen LogP) is 2.88. The Morgan fingerprint density at radius 2 is 2.07 bits per heavy atom. The van der Waals surface area contributed by atoms with Crippen molar-refractivity contribution in [3.63, 3.8) is 0 Å². The smallest absolute Gasteiger partial charge is 0.129 e. The van der Waals surface area contributed by atoms with Gasteiger partial charge >= 0.3 is 0 Å². The number of rotatable bonds is 0. The minimum Gasteiger partial charge on any atom is -0.388 e. The Kier molecular flexibility index (Phi) is 4.41. The van der Waals surface area contributed by atoms with Crippen molar-refractivity contribution in [3.8, 4) is 11.5 Å². The number of aliphatic hydroxyl groups excluding tert-OH is 1. The van der Waals surface area contributed by atoms with Gasteiger partial charge in [-0.3, -0.25) is 0 Å². The van der Waals surface area contributed by atoms with Crippen molar-refractivity contribution in [3.05, 3.63) is 17.4 Å². The molecule has 1 saturated carbocycles. The fourth-order valence-corrected chi connectivity index (χ4v) is 2.05. The van der Waals surface area contributed by atoms with Gasteiger partial charge in [0.15, 0.2) is 0 Å². The van der Waals surface area contributed by atoms with Crippen molar-refractivity contribution in [1.82, 2.24) is 0 Å². The molecule has 1 rings (SSSR count). The zero-order valence-electron chi connectivity index (χ0n) is 9.93. The molecule has 0 aromatic carbocycles. The number of aliphatic hydroxyl groups is 1. The number of hydrogen-bond donors (Lipinski definition) is 1. The molecule has 2 heteroatoms. The molecule has 0 radical (unpaired) electrons. The van der Waals surface area contributed by atoms with Crippen LogP contribution in [0.5, 0.6) is 0 Å². The van der Waals surface area contributed by atoms with E-state index in [0.717, 1.165) is 24.8 Å². The van der Waals surface area contributed by atoms with Gasteiger partial charge in [0.25, 0.3) is 0 Å². The van der Waals surface area contributed by atoms with Gasteiger partial charge in [-0.1, -0.05) is 32.0 Å². The SMILES string of the molecule is C[Si](C)(C)C#CC=C=C1CCCC[C@H]1O. The van der Waals surface area contributed by atoms with Crippen LogP contribution in [0.4, 0.5) is 0 Å². The molecular weight excluding hydrogens is 200 g/mol. The molecule has 1 fully saturated rings. The molecule has 15 heavy (non-hydrogen) atoms. The second kappa shape index (κ2) is 5.37. The average molecular weight is 220 g/mol. The van der Waals surface area contributed by atoms with Crippen LogP contribution in [0.25, 0.3) is 0 Å². The Labute approximate surface area is 93.9 Å². The van der Waals surface area contributed by atoms with E-state index >= 15 is 0 Å². The molecule has 0 aromatic heterocycles. The highest BCUT2D eigenvalue weighted by atomic mass is 28.3. The van der Waals surface area contributed by atoms with Crippen molar-refractivity contribution in [1.29, 1.82) is 0 Å². The van der Waals surface area contributed by atoms with E-state index in [9.17, 15) is 5.11 Å². The highest BCUT2D eigenvalue weighted by Crippen LogP contribution is 2.22. The Bertz CT molecular complexity index is 332. The fourth-order valence-electron chi connectivity index (χ4n) is 1.54. The maximum atomic E-state index is 9.67. The molecule has 1 atom stereocenters. The summed E-state index contributed by atoms with van der Waals surface area (Å²) >= 11 is 0. The predicted molar refractivity (Wildman–Crippen MR) is 67.2 cm³/mol. The molecule has 0 bridgehead atoms. The third-order valence-electron chi connectivity index (χ3n) is 2.35. The van der Waals surface area contributed by atoms with Crippen molar-refractivity contribution >= 4 is 8.07 Å². The maximum Gasteiger partial charge on any atom is 0.129 e. The number of hydrogen-bond acceptors (Lipinski definition) is 1. The molecule has 0 aliphatic heterocycles. The molecule has 0 heterocycles. The summed E-state index contributed by atoms with van der Waals surface area (Å²) in [6, 6.07) is 0. The zero-order chi connectivity index (χ0) is 11.3. The van der Waals surface area contributed by atoms with E-state index in [1.54, 1.807) is 6.08 Å². The lowest BCUT2D eigenvalue weighted by atomic mass is 9.93. The lowest BCUT2D eigenvalue weighted by Gasteiger charge is -2.17. The molecule has 0 saturated heterocycles. The summed E-state index contributed by atoms with van der Waals surface area (Å²) in [6.45, 7) is 6.66. The van der Waals surface area contributed by atoms with E-state index in [-0.39, 0.29) is 6.10 Å². The lowest BCUT2D eigenvalue weighted by Crippen LogP contribution is -2.16. The fraction of sp³-hybridized carbons (Fsp3) is 0.615. The van der Waals surface area contributed by atoms with Crippen molar-refractivity contribution in [2.75, 3.05) is 0 Å². The van der Waals surface area contributed by atoms with Gasteiger partial charge in [0, 0.05) is 11.6 Å². The molecule has 1 aliphatic carbocycles. The van der Waals surface area contributed by atoms with Gasteiger partial charge in [0.1, 0.15) is 8.07 Å². The molecule has 0 amide bonds. The van der Waals surface area contributed by atoms with Crippen LogP contribution in [0.15, 0.2) is 17.4 Å². The van der Waals surface area contributed by atoms with Gasteiger partial charge in [0.05, 0.1) is 6.10 Å². The quantitative estimate of drug-likeness (QED) is 0.378. The maximum absolute atomic E-state index is 9.67. The summed E-state index contributed by atoms with van der Waals surface area (Å²) in [5.74, 6) is 3.04. The zero-order valence-corrected chi connectivity index (χ0v) is 10.9. The second-order valence-corrected chi connectivity index (χ2v) is 9.84. The molecule has 0 unspecified atom stereocenters. The summed E-state index contributed by atoms with van der Waals surface area (Å²) in [7, 11) is -1.27. The Morgan fingerprint density at radius 1 is 1.33 bits per heavy atom. The van der Waals surface area contributed by atoms with Crippen LogP contribution in [0.3, 0.4) is 0 Å². The molecule has 1 N–H and O–H groups in total. The molecule has 1 nitrogen and oxygen atoms in total. The molecule has 0 spiro atoms. The van der Waals surface area contributed by atoms with Gasteiger partial charge in [-0.25, -0.2) is 0 Å². The van der Waals surface area contributed by atoms with Gasteiger partial charge in [0.2, 0.25) is 0 Å². The Morgan fingerprint density at radius 3 is 2.67 bits per heavy atom. The van der Waals surface area contributed by atoms with Crippen LogP contribution in [0.2, 0.25) is 19.6 Å². The first kappa shape index (κ1) is 12.3. The molecule has 1 aliphatic rings. The molecule has 0 aromatic rings. The van der Waals surface area contributed by atoms with Crippen LogP contribution < -0.4 is 0 Å². The monoisotopic (exact) mass is 220 g/mol. The first-order chi connectivity index (χ1) is 6.99. The molecular formula is C13H20OSi. The van der Waals surface area contributed by atoms with Crippen molar-refractivity contribution in [2.45, 2.75) is 51.4 Å². The van der Waals surface area contributed by atoms with E-state index in [4.69, 9.17) is 0 Å². The van der Waals surface area contributed by atoms with Gasteiger partial charge in [-0.15, -0.1) is 11.3 Å². The van der Waals surface area contributed by atoms with Gasteiger partial charge in [-0.05, 0) is 19.3 Å². The minimum atomic E-state index is -1.27. The third kappa shape index (κ3) is 5.04. The van der Waals surface area contributed by atoms with Crippen molar-refractivity contribution < 1.29 is 5.11 Å². The van der Waals surface area contributed by atoms with Crippen LogP contribution in [-0.4, -0.2) is 19.3 Å². The van der Waals surface area contributed by atoms with E-state index in [0.29, 0.717) is 0 Å². The first-order valence-corrected chi connectivity index (χ1v) is 9.14. The summed E-state index contributed by atoms with van der Waals surface area (Å²) in [4.78, 5) is 0. The van der Waals surface area contributed by atoms with Crippen LogP contribution in [0.1, 0.15) is 25.7 Å². The van der Waals surface area contributed by atoms with Gasteiger partial charge in [-0.2, -0.15) is 0 Å². The summed E-state index contributed by atoms with van der Waals surface area (Å²) < 4.78 is 0. The highest BCUT2D eigenvalue weighted by molar-refractivity contribution is 6.83. The topological polar surface area (TPSA) is 20.2 Å². The average Bonchev–Trinajstić information content (AvgIpc) is 2.13. The van der Waals surface area contributed by atoms with E-state index < -0.39 is 8.07 Å². The summed E-state index contributed by atoms with van der Waals surface area (Å²) in [5, 5.41) is 9.67. The highest BCUT2D eigenvalue weighted by Gasteiger charge is 2.14. The third-order valence-corrected chi connectivity index (χ3v) is 3.25. The van der Waals surface area contributed by atoms with E-state index in [2.05, 4.69) is 36.8 Å². The molecule has 82 valence electrons. The van der Waals surface area contributed by atoms with E-state index in [1.165, 1.54) is 6.42 Å². The van der Waals surface area contributed by atoms with E-state index in [1.807, 2.05) is 0 Å². The second-order valence-electron chi connectivity index (χ2n) is 5.09. The van der Waals surface area contributed by atoms with Crippen LogP contribution in [0, 0.1) is 11.5 Å². The first-order valence-electron chi connectivity index (χ1n) is 5.64. The summed E-state index contributed by atoms with van der Waals surface area (Å²) in [5.41, 5.74) is 7.42. The lowest BCUT2D eigenvalue weighted by molar-refractivity contribution is 0.179.